The molecule has 2 aliphatic rings. The molecule has 2 aliphatic heterocycles. The zero-order chi connectivity index (χ0) is 17.9. The second-order valence-electron chi connectivity index (χ2n) is 6.90. The van der Waals surface area contributed by atoms with E-state index in [4.69, 9.17) is 4.74 Å². The van der Waals surface area contributed by atoms with Gasteiger partial charge in [-0.1, -0.05) is 0 Å². The van der Waals surface area contributed by atoms with Crippen LogP contribution in [0.2, 0.25) is 0 Å². The van der Waals surface area contributed by atoms with Crippen LogP contribution in [0, 0.1) is 5.92 Å². The lowest BCUT2D eigenvalue weighted by Gasteiger charge is -2.46. The van der Waals surface area contributed by atoms with Crippen molar-refractivity contribution in [3.63, 3.8) is 0 Å². The van der Waals surface area contributed by atoms with Gasteiger partial charge in [-0.25, -0.2) is 19.4 Å². The van der Waals surface area contributed by atoms with Gasteiger partial charge in [0.1, 0.15) is 6.20 Å². The lowest BCUT2D eigenvalue weighted by atomic mass is 9.91. The van der Waals surface area contributed by atoms with Crippen molar-refractivity contribution >= 4 is 5.95 Å². The summed E-state index contributed by atoms with van der Waals surface area (Å²) in [5.41, 5.74) is -0.398. The summed E-state index contributed by atoms with van der Waals surface area (Å²) in [5.74, 6) is 1.57. The molecule has 2 fully saturated rings. The van der Waals surface area contributed by atoms with Gasteiger partial charge in [0.15, 0.2) is 0 Å². The Balaban J connectivity index is 1.30. The van der Waals surface area contributed by atoms with Gasteiger partial charge in [-0.05, 0) is 18.9 Å². The van der Waals surface area contributed by atoms with E-state index >= 15 is 0 Å². The number of hydrogen-bond acceptors (Lipinski definition) is 8. The van der Waals surface area contributed by atoms with Crippen molar-refractivity contribution < 1.29 is 4.74 Å². The fourth-order valence-corrected chi connectivity index (χ4v) is 3.68. The first kappa shape index (κ1) is 16.9. The van der Waals surface area contributed by atoms with Crippen LogP contribution in [0.1, 0.15) is 12.8 Å². The molecule has 0 N–H and O–H groups in total. The number of nitrogens with zero attached hydrogens (tertiary/aromatic N) is 7. The molecule has 2 saturated heterocycles. The zero-order valence-electron chi connectivity index (χ0n) is 14.9. The van der Waals surface area contributed by atoms with Crippen LogP contribution >= 0.6 is 0 Å². The fourth-order valence-electron chi connectivity index (χ4n) is 3.68. The maximum absolute atomic E-state index is 11.5. The zero-order valence-corrected chi connectivity index (χ0v) is 14.9. The number of anilines is 1. The smallest absolute Gasteiger partial charge is 0.366 e. The van der Waals surface area contributed by atoms with Gasteiger partial charge < -0.3 is 9.64 Å². The molecule has 9 nitrogen and oxygen atoms in total. The molecule has 0 saturated carbocycles. The van der Waals surface area contributed by atoms with E-state index in [1.807, 2.05) is 6.07 Å². The first-order valence-electron chi connectivity index (χ1n) is 8.98. The monoisotopic (exact) mass is 357 g/mol. The number of piperazine rings is 1. The van der Waals surface area contributed by atoms with Gasteiger partial charge in [0.25, 0.3) is 0 Å². The predicted octanol–water partition coefficient (Wildman–Crippen LogP) is -0.0551. The van der Waals surface area contributed by atoms with Crippen molar-refractivity contribution in [3.05, 3.63) is 35.1 Å². The second kappa shape index (κ2) is 7.36. The van der Waals surface area contributed by atoms with E-state index in [1.54, 1.807) is 19.4 Å². The Kier molecular flexibility index (Phi) is 4.79. The Morgan fingerprint density at radius 3 is 2.85 bits per heavy atom. The van der Waals surface area contributed by atoms with E-state index < -0.39 is 5.69 Å². The van der Waals surface area contributed by atoms with Crippen molar-refractivity contribution in [2.24, 2.45) is 13.0 Å². The Hall–Kier alpha value is -2.55. The Morgan fingerprint density at radius 1 is 1.19 bits per heavy atom. The largest absolute Gasteiger partial charge is 0.476 e. The third-order valence-corrected chi connectivity index (χ3v) is 5.13. The Labute approximate surface area is 151 Å². The van der Waals surface area contributed by atoms with Crippen LogP contribution in [0.3, 0.4) is 0 Å². The Bertz CT molecular complexity index is 797. The van der Waals surface area contributed by atoms with Crippen molar-refractivity contribution in [1.29, 1.82) is 0 Å². The molecule has 4 rings (SSSR count). The van der Waals surface area contributed by atoms with E-state index in [0.29, 0.717) is 24.4 Å². The van der Waals surface area contributed by atoms with Crippen LogP contribution in [-0.2, 0) is 7.05 Å². The van der Waals surface area contributed by atoms with Gasteiger partial charge in [0.2, 0.25) is 11.8 Å². The minimum atomic E-state index is -0.398. The SMILES string of the molecule is Cn1ncc(OC[C@@H]2CC[C@H]3CN(c4ncccn4)CCN3C2)nc1=O. The molecule has 0 radical (unpaired) electrons. The number of rotatable bonds is 4. The molecule has 4 heterocycles. The van der Waals surface area contributed by atoms with Gasteiger partial charge in [0.05, 0.1) is 6.61 Å². The van der Waals surface area contributed by atoms with Crippen LogP contribution in [-0.4, -0.2) is 68.5 Å². The fraction of sp³-hybridized carbons (Fsp3) is 0.588. The summed E-state index contributed by atoms with van der Waals surface area (Å²) in [7, 11) is 1.57. The molecular formula is C17H23N7O2. The average molecular weight is 357 g/mol. The topological polar surface area (TPSA) is 89.3 Å². The summed E-state index contributed by atoms with van der Waals surface area (Å²) in [4.78, 5) is 28.9. The third kappa shape index (κ3) is 3.67. The molecule has 0 spiro atoms. The van der Waals surface area contributed by atoms with Crippen molar-refractivity contribution in [2.45, 2.75) is 18.9 Å². The number of ether oxygens (including phenoxy) is 1. The summed E-state index contributed by atoms with van der Waals surface area (Å²) in [6.07, 6.45) is 7.31. The number of hydrogen-bond donors (Lipinski definition) is 0. The summed E-state index contributed by atoms with van der Waals surface area (Å²) in [5, 5.41) is 3.93. The molecule has 0 bridgehead atoms. The quantitative estimate of drug-likeness (QED) is 0.752. The van der Waals surface area contributed by atoms with Crippen LogP contribution in [0.4, 0.5) is 5.95 Å². The van der Waals surface area contributed by atoms with E-state index in [2.05, 4.69) is 29.9 Å². The van der Waals surface area contributed by atoms with Gasteiger partial charge in [-0.2, -0.15) is 10.1 Å². The maximum atomic E-state index is 11.5. The number of fused-ring (bicyclic) bond motifs is 1. The maximum Gasteiger partial charge on any atom is 0.366 e. The number of piperidine rings is 1. The molecule has 2 aromatic heterocycles. The van der Waals surface area contributed by atoms with E-state index in [0.717, 1.165) is 45.0 Å². The van der Waals surface area contributed by atoms with E-state index in [9.17, 15) is 4.79 Å². The highest BCUT2D eigenvalue weighted by molar-refractivity contribution is 5.30. The summed E-state index contributed by atoms with van der Waals surface area (Å²) in [6.45, 7) is 4.49. The van der Waals surface area contributed by atoms with Gasteiger partial charge in [-0.15, -0.1) is 0 Å². The third-order valence-electron chi connectivity index (χ3n) is 5.13. The highest BCUT2D eigenvalue weighted by Gasteiger charge is 2.33. The Morgan fingerprint density at radius 2 is 2.04 bits per heavy atom. The van der Waals surface area contributed by atoms with E-state index in [-0.39, 0.29) is 0 Å². The minimum absolute atomic E-state index is 0.307. The van der Waals surface area contributed by atoms with Crippen LogP contribution in [0.15, 0.2) is 29.5 Å². The summed E-state index contributed by atoms with van der Waals surface area (Å²) >= 11 is 0. The predicted molar refractivity (Wildman–Crippen MR) is 95.1 cm³/mol. The molecule has 0 amide bonds. The molecule has 0 aromatic carbocycles. The van der Waals surface area contributed by atoms with Crippen LogP contribution < -0.4 is 15.3 Å². The normalized spacial score (nSPS) is 23.5. The molecule has 2 atom stereocenters. The molecule has 9 heteroatoms. The molecule has 0 aliphatic carbocycles. The van der Waals surface area contributed by atoms with Gasteiger partial charge >= 0.3 is 5.69 Å². The molecular weight excluding hydrogens is 334 g/mol. The highest BCUT2D eigenvalue weighted by atomic mass is 16.5. The molecule has 2 aromatic rings. The van der Waals surface area contributed by atoms with Crippen LogP contribution in [0.5, 0.6) is 5.88 Å². The minimum Gasteiger partial charge on any atom is -0.476 e. The molecule has 138 valence electrons. The van der Waals surface area contributed by atoms with Crippen molar-refractivity contribution in [1.82, 2.24) is 29.6 Å². The molecule has 26 heavy (non-hydrogen) atoms. The second-order valence-corrected chi connectivity index (χ2v) is 6.90. The van der Waals surface area contributed by atoms with Crippen LogP contribution in [0.25, 0.3) is 0 Å². The van der Waals surface area contributed by atoms with Crippen molar-refractivity contribution in [2.75, 3.05) is 37.7 Å². The number of aryl methyl sites for hydroxylation is 1. The number of aromatic nitrogens is 5. The molecule has 0 unspecified atom stereocenters. The first-order valence-corrected chi connectivity index (χ1v) is 8.98. The van der Waals surface area contributed by atoms with Crippen molar-refractivity contribution in [3.8, 4) is 5.88 Å². The summed E-state index contributed by atoms with van der Waals surface area (Å²) in [6, 6.07) is 2.38. The average Bonchev–Trinajstić information content (AvgIpc) is 2.69. The standard InChI is InChI=1S/C17H23N7O2/c1-22-17(25)21-15(9-20-22)26-12-13-3-4-14-11-24(8-7-23(14)10-13)16-18-5-2-6-19-16/h2,5-6,9,13-14H,3-4,7-8,10-12H2,1H3/t13-,14+/m1/s1. The summed E-state index contributed by atoms with van der Waals surface area (Å²) < 4.78 is 6.90. The highest BCUT2D eigenvalue weighted by Crippen LogP contribution is 2.26. The van der Waals surface area contributed by atoms with Gasteiger partial charge in [0, 0.05) is 57.6 Å². The lowest BCUT2D eigenvalue weighted by Crippen LogP contribution is -2.57. The lowest BCUT2D eigenvalue weighted by molar-refractivity contribution is 0.0712. The van der Waals surface area contributed by atoms with Gasteiger partial charge in [-0.3, -0.25) is 4.90 Å². The first-order chi connectivity index (χ1) is 12.7. The van der Waals surface area contributed by atoms with E-state index in [1.165, 1.54) is 10.9 Å².